The first-order valence-corrected chi connectivity index (χ1v) is 9.64. The van der Waals surface area contributed by atoms with Crippen LogP contribution < -0.4 is 0 Å². The van der Waals surface area contributed by atoms with Gasteiger partial charge in [0.05, 0.1) is 13.2 Å². The minimum Gasteiger partial charge on any atom is -0.308 e. The van der Waals surface area contributed by atoms with Gasteiger partial charge in [-0.2, -0.15) is 0 Å². The van der Waals surface area contributed by atoms with Crippen molar-refractivity contribution >= 4 is 7.60 Å². The molecular formula is C19H25O3P. The molecule has 2 aromatic rings. The minimum absolute atomic E-state index is 0.353. The summed E-state index contributed by atoms with van der Waals surface area (Å²) < 4.78 is 24.9. The molecule has 0 amide bonds. The van der Waals surface area contributed by atoms with Crippen molar-refractivity contribution in [3.05, 3.63) is 70.8 Å². The van der Waals surface area contributed by atoms with Crippen LogP contribution in [0.3, 0.4) is 0 Å². The number of hydrogen-bond donors (Lipinski definition) is 0. The van der Waals surface area contributed by atoms with E-state index in [2.05, 4.69) is 19.9 Å². The SMILES string of the molecule is CCOP(=O)(OCC)C(c1ccccc1)c1cccc(C)c1C. The smallest absolute Gasteiger partial charge is 0.308 e. The van der Waals surface area contributed by atoms with Gasteiger partial charge in [0.25, 0.3) is 0 Å². The lowest BCUT2D eigenvalue weighted by atomic mass is 9.97. The predicted molar refractivity (Wildman–Crippen MR) is 95.1 cm³/mol. The van der Waals surface area contributed by atoms with Gasteiger partial charge in [-0.3, -0.25) is 4.57 Å². The zero-order valence-electron chi connectivity index (χ0n) is 14.3. The maximum absolute atomic E-state index is 13.5. The standard InChI is InChI=1S/C19H25O3P/c1-5-21-23(20,22-6-2)19(17-12-8-7-9-13-17)18-14-10-11-15(3)16(18)4/h7-14,19H,5-6H2,1-4H3. The Morgan fingerprint density at radius 3 is 2.09 bits per heavy atom. The van der Waals surface area contributed by atoms with Crippen molar-refractivity contribution in [3.63, 3.8) is 0 Å². The van der Waals surface area contributed by atoms with Crippen LogP contribution in [0.15, 0.2) is 48.5 Å². The van der Waals surface area contributed by atoms with Crippen molar-refractivity contribution in [2.75, 3.05) is 13.2 Å². The normalized spacial score (nSPS) is 13.0. The molecule has 2 aromatic carbocycles. The van der Waals surface area contributed by atoms with Gasteiger partial charge in [0.2, 0.25) is 0 Å². The largest absolute Gasteiger partial charge is 0.342 e. The fourth-order valence-electron chi connectivity index (χ4n) is 2.78. The van der Waals surface area contributed by atoms with Gasteiger partial charge in [-0.1, -0.05) is 48.5 Å². The zero-order valence-corrected chi connectivity index (χ0v) is 15.2. The fourth-order valence-corrected chi connectivity index (χ4v) is 5.03. The summed E-state index contributed by atoms with van der Waals surface area (Å²) in [7, 11) is -3.32. The van der Waals surface area contributed by atoms with Crippen LogP contribution in [0.1, 0.15) is 41.8 Å². The summed E-state index contributed by atoms with van der Waals surface area (Å²) in [5.74, 6) is 0. The van der Waals surface area contributed by atoms with Crippen LogP contribution in [-0.4, -0.2) is 13.2 Å². The molecule has 0 heterocycles. The van der Waals surface area contributed by atoms with Crippen molar-refractivity contribution in [1.29, 1.82) is 0 Å². The molecule has 2 rings (SSSR count). The Balaban J connectivity index is 2.65. The van der Waals surface area contributed by atoms with Gasteiger partial charge < -0.3 is 9.05 Å². The molecule has 0 radical (unpaired) electrons. The number of aryl methyl sites for hydroxylation is 1. The van der Waals surface area contributed by atoms with Crippen molar-refractivity contribution < 1.29 is 13.6 Å². The zero-order chi connectivity index (χ0) is 16.9. The van der Waals surface area contributed by atoms with E-state index in [1.54, 1.807) is 0 Å². The second-order valence-corrected chi connectivity index (χ2v) is 7.59. The molecule has 0 spiro atoms. The van der Waals surface area contributed by atoms with E-state index >= 15 is 0 Å². The molecule has 23 heavy (non-hydrogen) atoms. The van der Waals surface area contributed by atoms with E-state index in [0.29, 0.717) is 13.2 Å². The van der Waals surface area contributed by atoms with Gasteiger partial charge in [0.1, 0.15) is 5.66 Å². The molecule has 3 nitrogen and oxygen atoms in total. The number of hydrogen-bond acceptors (Lipinski definition) is 3. The second kappa shape index (κ2) is 7.92. The van der Waals surface area contributed by atoms with Gasteiger partial charge >= 0.3 is 7.60 Å². The van der Waals surface area contributed by atoms with E-state index in [-0.39, 0.29) is 0 Å². The van der Waals surface area contributed by atoms with E-state index < -0.39 is 13.3 Å². The first-order chi connectivity index (χ1) is 11.0. The van der Waals surface area contributed by atoms with Crippen LogP contribution in [0.5, 0.6) is 0 Å². The van der Waals surface area contributed by atoms with Gasteiger partial charge in [-0.15, -0.1) is 0 Å². The summed E-state index contributed by atoms with van der Waals surface area (Å²) in [6.45, 7) is 8.51. The molecule has 1 atom stereocenters. The third kappa shape index (κ3) is 3.92. The molecular weight excluding hydrogens is 307 g/mol. The van der Waals surface area contributed by atoms with Crippen molar-refractivity contribution in [1.82, 2.24) is 0 Å². The Morgan fingerprint density at radius 2 is 1.52 bits per heavy atom. The lowest BCUT2D eigenvalue weighted by Gasteiger charge is -2.28. The van der Waals surface area contributed by atoms with E-state index in [9.17, 15) is 4.57 Å². The van der Waals surface area contributed by atoms with Crippen LogP contribution in [0.4, 0.5) is 0 Å². The van der Waals surface area contributed by atoms with E-state index in [0.717, 1.165) is 16.7 Å². The van der Waals surface area contributed by atoms with Crippen molar-refractivity contribution in [2.24, 2.45) is 0 Å². The maximum atomic E-state index is 13.5. The molecule has 4 heteroatoms. The average molecular weight is 332 g/mol. The van der Waals surface area contributed by atoms with Crippen LogP contribution in [-0.2, 0) is 13.6 Å². The summed E-state index contributed by atoms with van der Waals surface area (Å²) in [5.41, 5.74) is 3.83. The van der Waals surface area contributed by atoms with Crippen LogP contribution >= 0.6 is 7.60 Å². The van der Waals surface area contributed by atoms with Crippen molar-refractivity contribution in [2.45, 2.75) is 33.4 Å². The van der Waals surface area contributed by atoms with Crippen LogP contribution in [0.2, 0.25) is 0 Å². The van der Waals surface area contributed by atoms with Gasteiger partial charge in [0, 0.05) is 0 Å². The van der Waals surface area contributed by atoms with Crippen LogP contribution in [0, 0.1) is 13.8 Å². The van der Waals surface area contributed by atoms with Crippen molar-refractivity contribution in [3.8, 4) is 0 Å². The summed E-state index contributed by atoms with van der Waals surface area (Å²) >= 11 is 0. The topological polar surface area (TPSA) is 35.5 Å². The Hall–Kier alpha value is -1.41. The lowest BCUT2D eigenvalue weighted by molar-refractivity contribution is 0.215. The molecule has 0 aliphatic carbocycles. The van der Waals surface area contributed by atoms with Crippen LogP contribution in [0.25, 0.3) is 0 Å². The van der Waals surface area contributed by atoms with Gasteiger partial charge in [-0.05, 0) is 49.9 Å². The predicted octanol–water partition coefficient (Wildman–Crippen LogP) is 5.66. The van der Waals surface area contributed by atoms with E-state index in [1.165, 1.54) is 5.56 Å². The molecule has 0 N–H and O–H groups in total. The third-order valence-electron chi connectivity index (χ3n) is 3.99. The van der Waals surface area contributed by atoms with Gasteiger partial charge in [-0.25, -0.2) is 0 Å². The molecule has 0 aliphatic heterocycles. The molecule has 0 bridgehead atoms. The van der Waals surface area contributed by atoms with E-state index in [1.807, 2.05) is 56.3 Å². The Labute approximate surface area is 139 Å². The molecule has 0 aromatic heterocycles. The fraction of sp³-hybridized carbons (Fsp3) is 0.368. The summed E-state index contributed by atoms with van der Waals surface area (Å²) in [6.07, 6.45) is 0. The molecule has 0 aliphatic rings. The molecule has 1 unspecified atom stereocenters. The summed E-state index contributed by atoms with van der Waals surface area (Å²) in [6, 6.07) is 15.9. The van der Waals surface area contributed by atoms with E-state index in [4.69, 9.17) is 9.05 Å². The maximum Gasteiger partial charge on any atom is 0.342 e. The monoisotopic (exact) mass is 332 g/mol. The number of benzene rings is 2. The number of rotatable bonds is 7. The third-order valence-corrected chi connectivity index (χ3v) is 6.44. The first kappa shape index (κ1) is 17.9. The highest BCUT2D eigenvalue weighted by atomic mass is 31.2. The molecule has 0 fully saturated rings. The summed E-state index contributed by atoms with van der Waals surface area (Å²) in [4.78, 5) is 0. The second-order valence-electron chi connectivity index (χ2n) is 5.48. The highest BCUT2D eigenvalue weighted by molar-refractivity contribution is 7.54. The average Bonchev–Trinajstić information content (AvgIpc) is 2.53. The highest BCUT2D eigenvalue weighted by Crippen LogP contribution is 2.64. The van der Waals surface area contributed by atoms with Gasteiger partial charge in [0.15, 0.2) is 0 Å². The quantitative estimate of drug-likeness (QED) is 0.614. The highest BCUT2D eigenvalue weighted by Gasteiger charge is 2.38. The molecule has 124 valence electrons. The summed E-state index contributed by atoms with van der Waals surface area (Å²) in [5, 5.41) is 0. The Bertz CT molecular complexity index is 672. The lowest BCUT2D eigenvalue weighted by Crippen LogP contribution is -2.10. The first-order valence-electron chi connectivity index (χ1n) is 8.03. The molecule has 0 saturated heterocycles. The Kier molecular flexibility index (Phi) is 6.17. The Morgan fingerprint density at radius 1 is 0.913 bits per heavy atom. The molecule has 0 saturated carbocycles. The minimum atomic E-state index is -3.32.